The highest BCUT2D eigenvalue weighted by Gasteiger charge is 2.11. The largest absolute Gasteiger partial charge is 0.370 e. The second kappa shape index (κ2) is 8.48. The summed E-state index contributed by atoms with van der Waals surface area (Å²) in [4.78, 5) is 20.8. The predicted octanol–water partition coefficient (Wildman–Crippen LogP) is 3.58. The molecule has 2 aromatic rings. The van der Waals surface area contributed by atoms with Crippen molar-refractivity contribution in [2.45, 2.75) is 33.2 Å². The molecular formula is C17H21ClN4O. The predicted molar refractivity (Wildman–Crippen MR) is 92.8 cm³/mol. The van der Waals surface area contributed by atoms with Crippen molar-refractivity contribution in [3.8, 4) is 0 Å². The first-order valence-corrected chi connectivity index (χ1v) is 8.09. The van der Waals surface area contributed by atoms with Gasteiger partial charge in [-0.15, -0.1) is 0 Å². The first-order chi connectivity index (χ1) is 11.1. The number of aryl methyl sites for hydroxylation is 1. The van der Waals surface area contributed by atoms with Gasteiger partial charge >= 0.3 is 0 Å². The van der Waals surface area contributed by atoms with Crippen molar-refractivity contribution in [2.24, 2.45) is 0 Å². The normalized spacial score (nSPS) is 10.4. The number of carbonyl (C=O) groups is 1. The second-order valence-corrected chi connectivity index (χ2v) is 5.65. The molecule has 0 aliphatic rings. The number of hydrogen-bond donors (Lipinski definition) is 2. The number of aromatic nitrogens is 2. The van der Waals surface area contributed by atoms with Crippen LogP contribution in [0.15, 0.2) is 30.3 Å². The van der Waals surface area contributed by atoms with Crippen molar-refractivity contribution in [1.82, 2.24) is 15.3 Å². The van der Waals surface area contributed by atoms with Gasteiger partial charge in [-0.05, 0) is 25.0 Å². The van der Waals surface area contributed by atoms with E-state index >= 15 is 0 Å². The van der Waals surface area contributed by atoms with Crippen LogP contribution in [0.2, 0.25) is 5.02 Å². The van der Waals surface area contributed by atoms with Crippen LogP contribution in [0.4, 0.5) is 5.82 Å². The molecular weight excluding hydrogens is 312 g/mol. The van der Waals surface area contributed by atoms with Gasteiger partial charge in [-0.3, -0.25) is 4.79 Å². The molecule has 0 aliphatic heterocycles. The fourth-order valence-electron chi connectivity index (χ4n) is 2.08. The molecule has 0 aliphatic carbocycles. The molecule has 0 saturated heterocycles. The lowest BCUT2D eigenvalue weighted by atomic mass is 10.2. The van der Waals surface area contributed by atoms with Gasteiger partial charge in [0.1, 0.15) is 17.3 Å². The number of unbranched alkanes of at least 4 members (excludes halogenated alkanes) is 1. The number of hydrogen-bond acceptors (Lipinski definition) is 4. The average molecular weight is 333 g/mol. The number of nitrogens with one attached hydrogen (secondary N) is 2. The molecule has 0 fully saturated rings. The van der Waals surface area contributed by atoms with Crippen molar-refractivity contribution in [1.29, 1.82) is 0 Å². The highest BCUT2D eigenvalue weighted by atomic mass is 35.5. The Morgan fingerprint density at radius 1 is 1.26 bits per heavy atom. The zero-order valence-electron chi connectivity index (χ0n) is 13.4. The van der Waals surface area contributed by atoms with Gasteiger partial charge in [-0.1, -0.05) is 43.1 Å². The van der Waals surface area contributed by atoms with Crippen molar-refractivity contribution < 1.29 is 4.79 Å². The van der Waals surface area contributed by atoms with Crippen molar-refractivity contribution in [3.05, 3.63) is 52.4 Å². The van der Waals surface area contributed by atoms with Gasteiger partial charge in [0.25, 0.3) is 5.91 Å². The van der Waals surface area contributed by atoms with Crippen LogP contribution in [-0.4, -0.2) is 22.4 Å². The van der Waals surface area contributed by atoms with Gasteiger partial charge in [-0.25, -0.2) is 9.97 Å². The molecule has 23 heavy (non-hydrogen) atoms. The third-order valence-electron chi connectivity index (χ3n) is 3.30. The molecule has 6 heteroatoms. The third-order valence-corrected chi connectivity index (χ3v) is 3.67. The summed E-state index contributed by atoms with van der Waals surface area (Å²) in [6.45, 7) is 5.09. The first-order valence-electron chi connectivity index (χ1n) is 7.71. The lowest BCUT2D eigenvalue weighted by molar-refractivity contribution is 0.0945. The number of rotatable bonds is 7. The lowest BCUT2D eigenvalue weighted by Crippen LogP contribution is -2.24. The summed E-state index contributed by atoms with van der Waals surface area (Å²) < 4.78 is 0. The number of benzene rings is 1. The van der Waals surface area contributed by atoms with Crippen LogP contribution in [-0.2, 0) is 6.54 Å². The Morgan fingerprint density at radius 2 is 2.04 bits per heavy atom. The fourth-order valence-corrected chi connectivity index (χ4v) is 2.28. The average Bonchev–Trinajstić information content (AvgIpc) is 2.53. The van der Waals surface area contributed by atoms with E-state index in [1.54, 1.807) is 19.1 Å². The Kier molecular flexibility index (Phi) is 6.35. The van der Waals surface area contributed by atoms with E-state index in [0.29, 0.717) is 28.9 Å². The van der Waals surface area contributed by atoms with E-state index in [1.807, 2.05) is 18.2 Å². The van der Waals surface area contributed by atoms with Crippen molar-refractivity contribution in [2.75, 3.05) is 11.9 Å². The van der Waals surface area contributed by atoms with E-state index < -0.39 is 0 Å². The van der Waals surface area contributed by atoms with Gasteiger partial charge in [0.05, 0.1) is 0 Å². The lowest BCUT2D eigenvalue weighted by Gasteiger charge is -2.09. The van der Waals surface area contributed by atoms with Crippen LogP contribution in [0.5, 0.6) is 0 Å². The van der Waals surface area contributed by atoms with Gasteiger partial charge in [0.2, 0.25) is 0 Å². The van der Waals surface area contributed by atoms with Crippen LogP contribution in [0.25, 0.3) is 0 Å². The molecule has 1 aromatic carbocycles. The summed E-state index contributed by atoms with van der Waals surface area (Å²) in [5.41, 5.74) is 1.22. The van der Waals surface area contributed by atoms with E-state index in [9.17, 15) is 4.79 Å². The van der Waals surface area contributed by atoms with E-state index in [1.165, 1.54) is 0 Å². The maximum Gasteiger partial charge on any atom is 0.270 e. The standard InChI is InChI=1S/C17H21ClN4O/c1-3-4-9-19-16-10-15(21-12(2)22-16)17(23)20-11-13-7-5-6-8-14(13)18/h5-8,10H,3-4,9,11H2,1-2H3,(H,20,23)(H,19,21,22). The van der Waals surface area contributed by atoms with Gasteiger partial charge < -0.3 is 10.6 Å². The maximum atomic E-state index is 12.3. The topological polar surface area (TPSA) is 66.9 Å². The molecule has 0 bridgehead atoms. The van der Waals surface area contributed by atoms with Crippen LogP contribution in [0.3, 0.4) is 0 Å². The monoisotopic (exact) mass is 332 g/mol. The molecule has 122 valence electrons. The number of amides is 1. The van der Waals surface area contributed by atoms with Crippen molar-refractivity contribution >= 4 is 23.3 Å². The molecule has 0 spiro atoms. The SMILES string of the molecule is CCCCNc1cc(C(=O)NCc2ccccc2Cl)nc(C)n1. The highest BCUT2D eigenvalue weighted by Crippen LogP contribution is 2.14. The number of nitrogens with zero attached hydrogens (tertiary/aromatic N) is 2. The summed E-state index contributed by atoms with van der Waals surface area (Å²) in [5.74, 6) is 0.997. The molecule has 1 amide bonds. The smallest absolute Gasteiger partial charge is 0.270 e. The Morgan fingerprint density at radius 3 is 2.78 bits per heavy atom. The van der Waals surface area contributed by atoms with Crippen LogP contribution in [0.1, 0.15) is 41.6 Å². The first kappa shape index (κ1) is 17.2. The third kappa shape index (κ3) is 5.21. The minimum absolute atomic E-state index is 0.242. The molecule has 2 N–H and O–H groups in total. The second-order valence-electron chi connectivity index (χ2n) is 5.24. The van der Waals surface area contributed by atoms with E-state index in [0.717, 1.165) is 24.9 Å². The quantitative estimate of drug-likeness (QED) is 0.760. The number of anilines is 1. The summed E-state index contributed by atoms with van der Waals surface area (Å²) in [5, 5.41) is 6.68. The fraction of sp³-hybridized carbons (Fsp3) is 0.353. The molecule has 2 rings (SSSR count). The Labute approximate surface area is 141 Å². The minimum atomic E-state index is -0.242. The summed E-state index contributed by atoms with van der Waals surface area (Å²) >= 11 is 6.09. The summed E-state index contributed by atoms with van der Waals surface area (Å²) in [7, 11) is 0. The van der Waals surface area contributed by atoms with Crippen LogP contribution >= 0.6 is 11.6 Å². The van der Waals surface area contributed by atoms with Gasteiger partial charge in [0, 0.05) is 24.2 Å². The highest BCUT2D eigenvalue weighted by molar-refractivity contribution is 6.31. The zero-order valence-corrected chi connectivity index (χ0v) is 14.2. The Bertz CT molecular complexity index is 675. The molecule has 0 atom stereocenters. The Balaban J connectivity index is 2.02. The van der Waals surface area contributed by atoms with E-state index in [4.69, 9.17) is 11.6 Å². The van der Waals surface area contributed by atoms with Crippen LogP contribution in [0, 0.1) is 6.92 Å². The summed E-state index contributed by atoms with van der Waals surface area (Å²) in [6, 6.07) is 9.09. The molecule has 0 unspecified atom stereocenters. The molecule has 0 radical (unpaired) electrons. The van der Waals surface area contributed by atoms with Gasteiger partial charge in [0.15, 0.2) is 0 Å². The minimum Gasteiger partial charge on any atom is -0.370 e. The molecule has 0 saturated carbocycles. The number of carbonyl (C=O) groups excluding carboxylic acids is 1. The van der Waals surface area contributed by atoms with Crippen LogP contribution < -0.4 is 10.6 Å². The van der Waals surface area contributed by atoms with Crippen molar-refractivity contribution in [3.63, 3.8) is 0 Å². The Hall–Kier alpha value is -2.14. The molecule has 5 nitrogen and oxygen atoms in total. The summed E-state index contributed by atoms with van der Waals surface area (Å²) in [6.07, 6.45) is 2.15. The molecule has 1 aromatic heterocycles. The van der Waals surface area contributed by atoms with Gasteiger partial charge in [-0.2, -0.15) is 0 Å². The van der Waals surface area contributed by atoms with E-state index in [2.05, 4.69) is 27.5 Å². The van der Waals surface area contributed by atoms with E-state index in [-0.39, 0.29) is 5.91 Å². The zero-order chi connectivity index (χ0) is 16.7. The maximum absolute atomic E-state index is 12.3. The number of halogens is 1. The molecule has 1 heterocycles.